The van der Waals surface area contributed by atoms with Crippen LogP contribution >= 0.6 is 0 Å². The van der Waals surface area contributed by atoms with Gasteiger partial charge >= 0.3 is 12.1 Å². The average Bonchev–Trinajstić information content (AvgIpc) is 2.83. The quantitative estimate of drug-likeness (QED) is 0.312. The van der Waals surface area contributed by atoms with Crippen LogP contribution in [0.1, 0.15) is 52.7 Å². The number of ether oxygens (including phenoxy) is 2. The number of amides is 1. The summed E-state index contributed by atoms with van der Waals surface area (Å²) in [4.78, 5) is 25.5. The van der Waals surface area contributed by atoms with Gasteiger partial charge in [-0.15, -0.1) is 0 Å². The summed E-state index contributed by atoms with van der Waals surface area (Å²) >= 11 is 0. The monoisotopic (exact) mass is 566 g/mol. The topological polar surface area (TPSA) is 111 Å². The molecule has 0 aliphatic rings. The predicted octanol–water partition coefficient (Wildman–Crippen LogP) is 6.24. The van der Waals surface area contributed by atoms with Gasteiger partial charge in [-0.1, -0.05) is 48.5 Å². The summed E-state index contributed by atoms with van der Waals surface area (Å²) in [6, 6.07) is 20.5. The highest BCUT2D eigenvalue weighted by Gasteiger charge is 2.30. The number of anilines is 1. The van der Waals surface area contributed by atoms with Gasteiger partial charge in [0, 0.05) is 12.1 Å². The minimum Gasteiger partial charge on any atom is -0.458 e. The van der Waals surface area contributed by atoms with Crippen LogP contribution in [0, 0.1) is 6.92 Å². The molecule has 2 N–H and O–H groups in total. The molecule has 1 amide bonds. The summed E-state index contributed by atoms with van der Waals surface area (Å²) in [6.45, 7) is 12.1. The number of hydrogen-bond donors (Lipinski definition) is 2. The molecule has 214 valence electrons. The second kappa shape index (κ2) is 12.1. The molecule has 40 heavy (non-hydrogen) atoms. The van der Waals surface area contributed by atoms with E-state index in [1.54, 1.807) is 66.7 Å². The minimum atomic E-state index is -3.94. The summed E-state index contributed by atoms with van der Waals surface area (Å²) in [5, 5.41) is 2.59. The second-order valence-corrected chi connectivity index (χ2v) is 13.3. The van der Waals surface area contributed by atoms with Gasteiger partial charge in [0.2, 0.25) is 0 Å². The molecule has 3 aromatic rings. The van der Waals surface area contributed by atoms with E-state index < -0.39 is 39.3 Å². The Kier molecular flexibility index (Phi) is 9.30. The van der Waals surface area contributed by atoms with Gasteiger partial charge in [-0.05, 0) is 95.0 Å². The van der Waals surface area contributed by atoms with Crippen LogP contribution in [-0.2, 0) is 30.7 Å². The van der Waals surface area contributed by atoms with Crippen LogP contribution in [0.4, 0.5) is 10.5 Å². The SMILES string of the molecule is Cc1ccc(S(=O)(=O)Nc2ccc(-c3ccccc3)cc2)cc1C[C@H](NC(=O)OC(C)(C)C)C(=O)OC(C)(C)C. The molecule has 8 nitrogen and oxygen atoms in total. The van der Waals surface area contributed by atoms with E-state index in [-0.39, 0.29) is 11.3 Å². The van der Waals surface area contributed by atoms with E-state index in [1.165, 1.54) is 12.1 Å². The maximum absolute atomic E-state index is 13.3. The lowest BCUT2D eigenvalue weighted by molar-refractivity contribution is -0.157. The lowest BCUT2D eigenvalue weighted by Gasteiger charge is -2.26. The van der Waals surface area contributed by atoms with Crippen molar-refractivity contribution in [2.24, 2.45) is 0 Å². The van der Waals surface area contributed by atoms with E-state index in [2.05, 4.69) is 10.0 Å². The number of nitrogens with one attached hydrogen (secondary N) is 2. The Hall–Kier alpha value is -3.85. The Balaban J connectivity index is 1.83. The number of alkyl carbamates (subject to hydrolysis) is 1. The van der Waals surface area contributed by atoms with Gasteiger partial charge in [-0.25, -0.2) is 18.0 Å². The van der Waals surface area contributed by atoms with Gasteiger partial charge in [0.25, 0.3) is 10.0 Å². The molecular formula is C31H38N2O6S. The zero-order valence-corrected chi connectivity index (χ0v) is 24.9. The highest BCUT2D eigenvalue weighted by Crippen LogP contribution is 2.24. The van der Waals surface area contributed by atoms with Crippen molar-refractivity contribution in [3.63, 3.8) is 0 Å². The average molecular weight is 567 g/mol. The Morgan fingerprint density at radius 3 is 1.95 bits per heavy atom. The van der Waals surface area contributed by atoms with Crippen LogP contribution in [-0.4, -0.2) is 37.7 Å². The first-order valence-corrected chi connectivity index (χ1v) is 14.5. The van der Waals surface area contributed by atoms with Gasteiger partial charge in [0.15, 0.2) is 0 Å². The summed E-state index contributed by atoms with van der Waals surface area (Å²) in [5.41, 5.74) is 2.18. The first kappa shape index (κ1) is 30.7. The van der Waals surface area contributed by atoms with Crippen LogP contribution in [0.2, 0.25) is 0 Å². The standard InChI is InChI=1S/C31H38N2O6S/c1-21-13-18-26(40(36,37)33-25-16-14-23(15-17-25)22-11-9-8-10-12-22)19-24(21)20-27(28(34)38-30(2,3)4)32-29(35)39-31(5,6)7/h8-19,27,33H,20H2,1-7H3,(H,32,35)/t27-/m0/s1. The molecule has 9 heteroatoms. The molecule has 0 spiro atoms. The third kappa shape index (κ3) is 9.12. The first-order valence-electron chi connectivity index (χ1n) is 13.0. The molecule has 0 aliphatic heterocycles. The number of esters is 1. The van der Waals surface area contributed by atoms with E-state index >= 15 is 0 Å². The molecule has 0 saturated heterocycles. The maximum atomic E-state index is 13.3. The molecule has 0 heterocycles. The zero-order chi connectivity index (χ0) is 29.7. The van der Waals surface area contributed by atoms with E-state index in [1.807, 2.05) is 42.5 Å². The van der Waals surface area contributed by atoms with Crippen molar-refractivity contribution in [1.29, 1.82) is 0 Å². The van der Waals surface area contributed by atoms with Crippen molar-refractivity contribution in [2.45, 2.75) is 77.0 Å². The Morgan fingerprint density at radius 1 is 0.800 bits per heavy atom. The van der Waals surface area contributed by atoms with E-state index in [4.69, 9.17) is 9.47 Å². The molecule has 0 radical (unpaired) electrons. The van der Waals surface area contributed by atoms with Crippen molar-refractivity contribution in [2.75, 3.05) is 4.72 Å². The third-order valence-corrected chi connectivity index (χ3v) is 7.06. The van der Waals surface area contributed by atoms with Crippen LogP contribution in [0.25, 0.3) is 11.1 Å². The van der Waals surface area contributed by atoms with Crippen molar-refractivity contribution >= 4 is 27.8 Å². The number of hydrogen-bond acceptors (Lipinski definition) is 6. The van der Waals surface area contributed by atoms with Crippen LogP contribution in [0.5, 0.6) is 0 Å². The van der Waals surface area contributed by atoms with Crippen molar-refractivity contribution in [3.05, 3.63) is 83.9 Å². The Morgan fingerprint density at radius 2 is 1.38 bits per heavy atom. The van der Waals surface area contributed by atoms with Gasteiger partial charge in [-0.2, -0.15) is 0 Å². The highest BCUT2D eigenvalue weighted by atomic mass is 32.2. The van der Waals surface area contributed by atoms with E-state index in [9.17, 15) is 18.0 Å². The number of benzene rings is 3. The van der Waals surface area contributed by atoms with Crippen molar-refractivity contribution < 1.29 is 27.5 Å². The number of rotatable bonds is 8. The molecule has 3 rings (SSSR count). The van der Waals surface area contributed by atoms with Gasteiger partial charge < -0.3 is 14.8 Å². The van der Waals surface area contributed by atoms with Crippen LogP contribution in [0.3, 0.4) is 0 Å². The fourth-order valence-electron chi connectivity index (χ4n) is 3.85. The predicted molar refractivity (Wildman–Crippen MR) is 157 cm³/mol. The van der Waals surface area contributed by atoms with Crippen molar-refractivity contribution in [1.82, 2.24) is 5.32 Å². The maximum Gasteiger partial charge on any atom is 0.408 e. The molecule has 0 saturated carbocycles. The fourth-order valence-corrected chi connectivity index (χ4v) is 4.96. The molecule has 3 aromatic carbocycles. The number of carbonyl (C=O) groups excluding carboxylic acids is 2. The van der Waals surface area contributed by atoms with E-state index in [0.29, 0.717) is 11.3 Å². The first-order chi connectivity index (χ1) is 18.5. The smallest absolute Gasteiger partial charge is 0.408 e. The van der Waals surface area contributed by atoms with Crippen LogP contribution in [0.15, 0.2) is 77.7 Å². The molecule has 0 aromatic heterocycles. The lowest BCUT2D eigenvalue weighted by Crippen LogP contribution is -2.47. The summed E-state index contributed by atoms with van der Waals surface area (Å²) < 4.78 is 40.0. The highest BCUT2D eigenvalue weighted by molar-refractivity contribution is 7.92. The number of aryl methyl sites for hydroxylation is 1. The van der Waals surface area contributed by atoms with Gasteiger partial charge in [0.1, 0.15) is 17.2 Å². The summed E-state index contributed by atoms with van der Waals surface area (Å²) in [7, 11) is -3.94. The normalized spacial score (nSPS) is 12.8. The summed E-state index contributed by atoms with van der Waals surface area (Å²) in [6.07, 6.45) is -0.764. The van der Waals surface area contributed by atoms with Crippen LogP contribution < -0.4 is 10.0 Å². The summed E-state index contributed by atoms with van der Waals surface area (Å²) in [5.74, 6) is -0.650. The largest absolute Gasteiger partial charge is 0.458 e. The number of sulfonamides is 1. The van der Waals surface area contributed by atoms with Gasteiger partial charge in [-0.3, -0.25) is 4.72 Å². The zero-order valence-electron chi connectivity index (χ0n) is 24.1. The van der Waals surface area contributed by atoms with E-state index in [0.717, 1.165) is 16.7 Å². The lowest BCUT2D eigenvalue weighted by atomic mass is 10.0. The van der Waals surface area contributed by atoms with Crippen molar-refractivity contribution in [3.8, 4) is 11.1 Å². The minimum absolute atomic E-state index is 0.00905. The fraction of sp³-hybridized carbons (Fsp3) is 0.355. The molecular weight excluding hydrogens is 528 g/mol. The Labute approximate surface area is 237 Å². The molecule has 0 bridgehead atoms. The second-order valence-electron chi connectivity index (χ2n) is 11.6. The number of carbonyl (C=O) groups is 2. The molecule has 0 fully saturated rings. The van der Waals surface area contributed by atoms with Gasteiger partial charge in [0.05, 0.1) is 4.90 Å². The molecule has 0 unspecified atom stereocenters. The third-order valence-electron chi connectivity index (χ3n) is 5.68. The molecule has 1 atom stereocenters. The molecule has 0 aliphatic carbocycles. The Bertz CT molecular complexity index is 1440.